The zero-order chi connectivity index (χ0) is 13.4. The molecule has 0 heterocycles. The largest absolute Gasteiger partial charge is 0.398 e. The molecule has 102 valence electrons. The molecule has 2 aliphatic rings. The Balaban J connectivity index is 1.76. The second kappa shape index (κ2) is 4.87. The van der Waals surface area contributed by atoms with Gasteiger partial charge in [-0.1, -0.05) is 6.07 Å². The fraction of sp³-hybridized carbons (Fsp3) is 0.562. The summed E-state index contributed by atoms with van der Waals surface area (Å²) in [6.45, 7) is 3.84. The van der Waals surface area contributed by atoms with Crippen molar-refractivity contribution in [1.82, 2.24) is 4.90 Å². The lowest BCUT2D eigenvalue weighted by Crippen LogP contribution is -2.35. The SMILES string of the molecule is Cc1ccc(C(=O)N(CC2CC2)CC2CC2)c(N)c1. The maximum absolute atomic E-state index is 12.6. The number of aryl methyl sites for hydroxylation is 1. The van der Waals surface area contributed by atoms with Gasteiger partial charge in [0.05, 0.1) is 5.56 Å². The van der Waals surface area contributed by atoms with E-state index < -0.39 is 0 Å². The van der Waals surface area contributed by atoms with Gasteiger partial charge in [-0.3, -0.25) is 4.79 Å². The molecular weight excluding hydrogens is 236 g/mol. The van der Waals surface area contributed by atoms with E-state index in [0.717, 1.165) is 30.5 Å². The van der Waals surface area contributed by atoms with E-state index in [0.29, 0.717) is 11.3 Å². The molecule has 0 bridgehead atoms. The Labute approximate surface area is 114 Å². The topological polar surface area (TPSA) is 46.3 Å². The standard InChI is InChI=1S/C16H22N2O/c1-11-2-7-14(15(17)8-11)16(19)18(9-12-3-4-12)10-13-5-6-13/h2,7-8,12-13H,3-6,9-10,17H2,1H3. The molecule has 0 atom stereocenters. The number of carbonyl (C=O) groups excluding carboxylic acids is 1. The van der Waals surface area contributed by atoms with Gasteiger partial charge in [-0.2, -0.15) is 0 Å². The quantitative estimate of drug-likeness (QED) is 0.825. The predicted molar refractivity (Wildman–Crippen MR) is 76.9 cm³/mol. The van der Waals surface area contributed by atoms with Crippen molar-refractivity contribution in [3.8, 4) is 0 Å². The van der Waals surface area contributed by atoms with Crippen LogP contribution in [0.2, 0.25) is 0 Å². The number of hydrogen-bond donors (Lipinski definition) is 1. The maximum Gasteiger partial charge on any atom is 0.255 e. The third-order valence-corrected chi connectivity index (χ3v) is 4.08. The van der Waals surface area contributed by atoms with Gasteiger partial charge in [0.25, 0.3) is 5.91 Å². The summed E-state index contributed by atoms with van der Waals surface area (Å²) < 4.78 is 0. The maximum atomic E-state index is 12.6. The van der Waals surface area contributed by atoms with E-state index in [1.807, 2.05) is 30.0 Å². The molecule has 2 saturated carbocycles. The molecule has 3 rings (SSSR count). The minimum atomic E-state index is 0.122. The molecular formula is C16H22N2O. The van der Waals surface area contributed by atoms with E-state index in [-0.39, 0.29) is 5.91 Å². The summed E-state index contributed by atoms with van der Waals surface area (Å²) in [4.78, 5) is 14.7. The van der Waals surface area contributed by atoms with Crippen LogP contribution < -0.4 is 5.73 Å². The van der Waals surface area contributed by atoms with Crippen molar-refractivity contribution >= 4 is 11.6 Å². The van der Waals surface area contributed by atoms with Crippen LogP contribution in [0, 0.1) is 18.8 Å². The second-order valence-corrected chi connectivity index (χ2v) is 6.19. The van der Waals surface area contributed by atoms with Crippen LogP contribution in [-0.2, 0) is 0 Å². The molecule has 1 aromatic carbocycles. The summed E-state index contributed by atoms with van der Waals surface area (Å²) in [5.41, 5.74) is 8.39. The summed E-state index contributed by atoms with van der Waals surface area (Å²) >= 11 is 0. The summed E-state index contributed by atoms with van der Waals surface area (Å²) in [5.74, 6) is 1.58. The molecule has 0 aromatic heterocycles. The Bertz CT molecular complexity index is 476. The zero-order valence-corrected chi connectivity index (χ0v) is 11.6. The van der Waals surface area contributed by atoms with E-state index in [2.05, 4.69) is 0 Å². The number of benzene rings is 1. The van der Waals surface area contributed by atoms with Crippen LogP contribution in [0.1, 0.15) is 41.6 Å². The molecule has 1 aromatic rings. The molecule has 3 heteroatoms. The van der Waals surface area contributed by atoms with Crippen molar-refractivity contribution in [3.63, 3.8) is 0 Å². The van der Waals surface area contributed by atoms with Gasteiger partial charge in [0.2, 0.25) is 0 Å². The van der Waals surface area contributed by atoms with Crippen LogP contribution in [-0.4, -0.2) is 23.9 Å². The number of rotatable bonds is 5. The van der Waals surface area contributed by atoms with Crippen LogP contribution in [0.4, 0.5) is 5.69 Å². The average molecular weight is 258 g/mol. The fourth-order valence-corrected chi connectivity index (χ4v) is 2.51. The monoisotopic (exact) mass is 258 g/mol. The first kappa shape index (κ1) is 12.5. The molecule has 0 radical (unpaired) electrons. The zero-order valence-electron chi connectivity index (χ0n) is 11.6. The molecule has 1 amide bonds. The van der Waals surface area contributed by atoms with Gasteiger partial charge in [-0.25, -0.2) is 0 Å². The lowest BCUT2D eigenvalue weighted by molar-refractivity contribution is 0.0740. The highest BCUT2D eigenvalue weighted by Crippen LogP contribution is 2.34. The first-order valence-corrected chi connectivity index (χ1v) is 7.29. The van der Waals surface area contributed by atoms with Crippen LogP contribution in [0.5, 0.6) is 0 Å². The van der Waals surface area contributed by atoms with Crippen molar-refractivity contribution in [2.24, 2.45) is 11.8 Å². The van der Waals surface area contributed by atoms with Gasteiger partial charge in [0.15, 0.2) is 0 Å². The van der Waals surface area contributed by atoms with E-state index in [9.17, 15) is 4.79 Å². The summed E-state index contributed by atoms with van der Waals surface area (Å²) in [6.07, 6.45) is 5.10. The molecule has 3 nitrogen and oxygen atoms in total. The number of hydrogen-bond acceptors (Lipinski definition) is 2. The number of carbonyl (C=O) groups is 1. The normalized spacial score (nSPS) is 18.4. The highest BCUT2D eigenvalue weighted by Gasteiger charge is 2.32. The minimum Gasteiger partial charge on any atom is -0.398 e. The van der Waals surface area contributed by atoms with Gasteiger partial charge in [0, 0.05) is 18.8 Å². The van der Waals surface area contributed by atoms with Crippen molar-refractivity contribution in [1.29, 1.82) is 0 Å². The fourth-order valence-electron chi connectivity index (χ4n) is 2.51. The molecule has 0 saturated heterocycles. The Morgan fingerprint density at radius 2 is 1.79 bits per heavy atom. The molecule has 2 N–H and O–H groups in total. The molecule has 0 aliphatic heterocycles. The predicted octanol–water partition coefficient (Wildman–Crippen LogP) is 2.84. The van der Waals surface area contributed by atoms with Crippen molar-refractivity contribution in [2.75, 3.05) is 18.8 Å². The number of nitrogen functional groups attached to an aromatic ring is 1. The van der Waals surface area contributed by atoms with Crippen molar-refractivity contribution < 1.29 is 4.79 Å². The Morgan fingerprint density at radius 3 is 2.26 bits per heavy atom. The van der Waals surface area contributed by atoms with Crippen molar-refractivity contribution in [2.45, 2.75) is 32.6 Å². The van der Waals surface area contributed by atoms with Crippen LogP contribution in [0.25, 0.3) is 0 Å². The van der Waals surface area contributed by atoms with Gasteiger partial charge < -0.3 is 10.6 Å². The number of anilines is 1. The first-order valence-electron chi connectivity index (χ1n) is 7.29. The Kier molecular flexibility index (Phi) is 3.21. The lowest BCUT2D eigenvalue weighted by atomic mass is 10.1. The third-order valence-electron chi connectivity index (χ3n) is 4.08. The van der Waals surface area contributed by atoms with E-state index in [1.165, 1.54) is 25.7 Å². The highest BCUT2D eigenvalue weighted by atomic mass is 16.2. The molecule has 2 fully saturated rings. The first-order chi connectivity index (χ1) is 9.13. The smallest absolute Gasteiger partial charge is 0.255 e. The third kappa shape index (κ3) is 3.09. The highest BCUT2D eigenvalue weighted by molar-refractivity contribution is 5.99. The number of amides is 1. The van der Waals surface area contributed by atoms with E-state index >= 15 is 0 Å². The van der Waals surface area contributed by atoms with Gasteiger partial charge >= 0.3 is 0 Å². The lowest BCUT2D eigenvalue weighted by Gasteiger charge is -2.23. The molecule has 19 heavy (non-hydrogen) atoms. The van der Waals surface area contributed by atoms with Gasteiger partial charge in [0.1, 0.15) is 0 Å². The van der Waals surface area contributed by atoms with E-state index in [4.69, 9.17) is 5.73 Å². The van der Waals surface area contributed by atoms with Crippen LogP contribution >= 0.6 is 0 Å². The van der Waals surface area contributed by atoms with Crippen LogP contribution in [0.3, 0.4) is 0 Å². The van der Waals surface area contributed by atoms with Crippen molar-refractivity contribution in [3.05, 3.63) is 29.3 Å². The second-order valence-electron chi connectivity index (χ2n) is 6.19. The average Bonchev–Trinajstić information content (AvgIpc) is 3.22. The number of nitrogens with zero attached hydrogens (tertiary/aromatic N) is 1. The molecule has 0 spiro atoms. The van der Waals surface area contributed by atoms with E-state index in [1.54, 1.807) is 0 Å². The van der Waals surface area contributed by atoms with Gasteiger partial charge in [-0.05, 0) is 62.1 Å². The van der Waals surface area contributed by atoms with Crippen LogP contribution in [0.15, 0.2) is 18.2 Å². The summed E-state index contributed by atoms with van der Waals surface area (Å²) in [6, 6.07) is 5.73. The summed E-state index contributed by atoms with van der Waals surface area (Å²) in [7, 11) is 0. The molecule has 0 unspecified atom stereocenters. The molecule has 2 aliphatic carbocycles. The van der Waals surface area contributed by atoms with Gasteiger partial charge in [-0.15, -0.1) is 0 Å². The Hall–Kier alpha value is -1.51. The number of nitrogens with two attached hydrogens (primary N) is 1. The summed E-state index contributed by atoms with van der Waals surface area (Å²) in [5, 5.41) is 0. The Morgan fingerprint density at radius 1 is 1.21 bits per heavy atom. The minimum absolute atomic E-state index is 0.122.